The summed E-state index contributed by atoms with van der Waals surface area (Å²) >= 11 is 0. The maximum absolute atomic E-state index is 9.84. The number of carbonyl (C=O) groups is 1. The Morgan fingerprint density at radius 1 is 1.73 bits per heavy atom. The third-order valence-corrected chi connectivity index (χ3v) is 0.847. The van der Waals surface area contributed by atoms with E-state index < -0.39 is 12.1 Å². The molecule has 3 nitrogen and oxygen atoms in total. The molecule has 0 amide bonds. The fourth-order valence-corrected chi connectivity index (χ4v) is 0.397. The highest BCUT2D eigenvalue weighted by Gasteiger charge is 2.09. The largest absolute Gasteiger partial charge is 0.479 e. The van der Waals surface area contributed by atoms with Gasteiger partial charge in [-0.1, -0.05) is 19.4 Å². The van der Waals surface area contributed by atoms with E-state index in [1.807, 2.05) is 13.8 Å². The molecule has 0 aliphatic heterocycles. The third-order valence-electron chi connectivity index (χ3n) is 0.847. The first kappa shape index (κ1) is 12.8. The van der Waals surface area contributed by atoms with Gasteiger partial charge in [-0.2, -0.15) is 0 Å². The van der Waals surface area contributed by atoms with E-state index in [4.69, 9.17) is 10.2 Å². The van der Waals surface area contributed by atoms with Crippen molar-refractivity contribution in [1.82, 2.24) is 0 Å². The Labute approximate surface area is 67.4 Å². The molecule has 0 aromatic heterocycles. The van der Waals surface area contributed by atoms with Gasteiger partial charge in [0.05, 0.1) is 0 Å². The molecule has 2 N–H and O–H groups in total. The van der Waals surface area contributed by atoms with Crippen molar-refractivity contribution in [2.45, 2.75) is 32.8 Å². The summed E-state index contributed by atoms with van der Waals surface area (Å²) in [7, 11) is 0. The zero-order valence-electron chi connectivity index (χ0n) is 7.08. The lowest BCUT2D eigenvalue weighted by molar-refractivity contribution is -0.146. The fraction of sp³-hybridized carbons (Fsp3) is 0.625. The summed E-state index contributed by atoms with van der Waals surface area (Å²) in [6, 6.07) is 0. The van der Waals surface area contributed by atoms with E-state index in [0.29, 0.717) is 12.8 Å². The monoisotopic (exact) mass is 160 g/mol. The molecule has 0 radical (unpaired) electrons. The Kier molecular flexibility index (Phi) is 10.7. The highest BCUT2D eigenvalue weighted by molar-refractivity contribution is 5.71. The van der Waals surface area contributed by atoms with Crippen molar-refractivity contribution >= 4 is 5.97 Å². The molecular formula is C8H16O3. The minimum atomic E-state index is -1.17. The normalized spacial score (nSPS) is 10.8. The molecule has 0 aromatic carbocycles. The highest BCUT2D eigenvalue weighted by Crippen LogP contribution is 1.93. The summed E-state index contributed by atoms with van der Waals surface area (Å²) in [5.74, 6) is -1.13. The Morgan fingerprint density at radius 3 is 2.18 bits per heavy atom. The van der Waals surface area contributed by atoms with E-state index in [9.17, 15) is 4.79 Å². The molecule has 11 heavy (non-hydrogen) atoms. The summed E-state index contributed by atoms with van der Waals surface area (Å²) in [5.41, 5.74) is 0. The molecule has 0 bridgehead atoms. The molecule has 1 unspecified atom stereocenters. The second kappa shape index (κ2) is 9.17. The summed E-state index contributed by atoms with van der Waals surface area (Å²) in [4.78, 5) is 9.84. The first-order valence-corrected chi connectivity index (χ1v) is 3.58. The number of rotatable bonds is 3. The Morgan fingerprint density at radius 2 is 2.09 bits per heavy atom. The lowest BCUT2D eigenvalue weighted by Crippen LogP contribution is -2.18. The molecule has 0 saturated carbocycles. The number of carboxylic acids is 1. The SMILES string of the molecule is C=CC.CCCC(O)C(=O)O. The van der Waals surface area contributed by atoms with Crippen LogP contribution in [-0.4, -0.2) is 22.3 Å². The zero-order valence-corrected chi connectivity index (χ0v) is 7.08. The molecule has 0 aromatic rings. The highest BCUT2D eigenvalue weighted by atomic mass is 16.4. The van der Waals surface area contributed by atoms with Crippen LogP contribution in [0.1, 0.15) is 26.7 Å². The van der Waals surface area contributed by atoms with Gasteiger partial charge >= 0.3 is 5.97 Å². The van der Waals surface area contributed by atoms with E-state index in [1.165, 1.54) is 0 Å². The second-order valence-electron chi connectivity index (χ2n) is 2.05. The van der Waals surface area contributed by atoms with Gasteiger partial charge in [-0.3, -0.25) is 0 Å². The van der Waals surface area contributed by atoms with Crippen LogP contribution in [0.5, 0.6) is 0 Å². The lowest BCUT2D eigenvalue weighted by Gasteiger charge is -1.99. The van der Waals surface area contributed by atoms with Crippen LogP contribution in [0.15, 0.2) is 12.7 Å². The summed E-state index contributed by atoms with van der Waals surface area (Å²) in [6.07, 6.45) is 1.63. The molecule has 0 aliphatic rings. The Hall–Kier alpha value is -0.830. The van der Waals surface area contributed by atoms with Crippen LogP contribution in [0.4, 0.5) is 0 Å². The number of allylic oxidation sites excluding steroid dienone is 1. The average molecular weight is 160 g/mol. The quantitative estimate of drug-likeness (QED) is 0.614. The summed E-state index contributed by atoms with van der Waals surface area (Å²) in [5, 5.41) is 16.6. The second-order valence-corrected chi connectivity index (χ2v) is 2.05. The van der Waals surface area contributed by atoms with Gasteiger partial charge in [0.25, 0.3) is 0 Å². The van der Waals surface area contributed by atoms with Crippen molar-refractivity contribution < 1.29 is 15.0 Å². The molecule has 1 atom stereocenters. The average Bonchev–Trinajstić information content (AvgIpc) is 1.90. The maximum Gasteiger partial charge on any atom is 0.332 e. The molecule has 3 heteroatoms. The number of aliphatic carboxylic acids is 1. The van der Waals surface area contributed by atoms with Crippen LogP contribution >= 0.6 is 0 Å². The molecule has 0 fully saturated rings. The first-order valence-electron chi connectivity index (χ1n) is 3.58. The maximum atomic E-state index is 9.84. The van der Waals surface area contributed by atoms with E-state index in [-0.39, 0.29) is 0 Å². The van der Waals surface area contributed by atoms with E-state index in [2.05, 4.69) is 6.58 Å². The van der Waals surface area contributed by atoms with Crippen molar-refractivity contribution in [3.8, 4) is 0 Å². The number of aliphatic hydroxyl groups excluding tert-OH is 1. The minimum absolute atomic E-state index is 0.343. The molecule has 0 aliphatic carbocycles. The minimum Gasteiger partial charge on any atom is -0.479 e. The smallest absolute Gasteiger partial charge is 0.332 e. The van der Waals surface area contributed by atoms with Crippen LogP contribution < -0.4 is 0 Å². The van der Waals surface area contributed by atoms with Crippen molar-refractivity contribution in [1.29, 1.82) is 0 Å². The topological polar surface area (TPSA) is 57.5 Å². The van der Waals surface area contributed by atoms with Crippen molar-refractivity contribution in [3.63, 3.8) is 0 Å². The Balaban J connectivity index is 0. The summed E-state index contributed by atoms with van der Waals surface area (Å²) < 4.78 is 0. The van der Waals surface area contributed by atoms with Crippen LogP contribution in [-0.2, 0) is 4.79 Å². The van der Waals surface area contributed by atoms with Gasteiger partial charge in [0.15, 0.2) is 6.10 Å². The van der Waals surface area contributed by atoms with Gasteiger partial charge in [-0.15, -0.1) is 6.58 Å². The van der Waals surface area contributed by atoms with Crippen molar-refractivity contribution in [2.75, 3.05) is 0 Å². The van der Waals surface area contributed by atoms with Crippen LogP contribution in [0.3, 0.4) is 0 Å². The predicted molar refractivity (Wildman–Crippen MR) is 44.4 cm³/mol. The fourth-order valence-electron chi connectivity index (χ4n) is 0.397. The van der Waals surface area contributed by atoms with Crippen LogP contribution in [0.2, 0.25) is 0 Å². The third kappa shape index (κ3) is 12.4. The van der Waals surface area contributed by atoms with Gasteiger partial charge < -0.3 is 10.2 Å². The van der Waals surface area contributed by atoms with Gasteiger partial charge in [0, 0.05) is 0 Å². The molecule has 0 saturated heterocycles. The summed E-state index contributed by atoms with van der Waals surface area (Å²) in [6.45, 7) is 7.08. The van der Waals surface area contributed by atoms with Gasteiger partial charge in [0.2, 0.25) is 0 Å². The van der Waals surface area contributed by atoms with Crippen molar-refractivity contribution in [3.05, 3.63) is 12.7 Å². The van der Waals surface area contributed by atoms with Gasteiger partial charge in [-0.05, 0) is 13.3 Å². The first-order chi connectivity index (χ1) is 5.09. The number of hydrogen-bond donors (Lipinski definition) is 2. The van der Waals surface area contributed by atoms with Crippen LogP contribution in [0, 0.1) is 0 Å². The molecular weight excluding hydrogens is 144 g/mol. The van der Waals surface area contributed by atoms with Crippen molar-refractivity contribution in [2.24, 2.45) is 0 Å². The molecule has 0 spiro atoms. The van der Waals surface area contributed by atoms with E-state index >= 15 is 0 Å². The van der Waals surface area contributed by atoms with E-state index in [0.717, 1.165) is 0 Å². The number of hydrogen-bond acceptors (Lipinski definition) is 2. The zero-order chi connectivity index (χ0) is 9.28. The van der Waals surface area contributed by atoms with Crippen LogP contribution in [0.25, 0.3) is 0 Å². The predicted octanol–water partition coefficient (Wildman–Crippen LogP) is 1.42. The molecule has 66 valence electrons. The molecule has 0 heterocycles. The number of carboxylic acid groups (broad SMARTS) is 1. The van der Waals surface area contributed by atoms with Gasteiger partial charge in [-0.25, -0.2) is 4.79 Å². The number of aliphatic hydroxyl groups is 1. The lowest BCUT2D eigenvalue weighted by atomic mass is 10.2. The van der Waals surface area contributed by atoms with Gasteiger partial charge in [0.1, 0.15) is 0 Å². The standard InChI is InChI=1S/C5H10O3.C3H6/c1-2-3-4(6)5(7)8;1-3-2/h4,6H,2-3H2,1H3,(H,7,8);3H,1H2,2H3. The van der Waals surface area contributed by atoms with E-state index in [1.54, 1.807) is 6.08 Å². The Bertz CT molecular complexity index is 110. The molecule has 0 rings (SSSR count).